The molecule has 4 rings (SSSR count). The molecule has 2 heterocycles. The minimum atomic E-state index is -0.599. The molecule has 2 N–H and O–H groups in total. The lowest BCUT2D eigenvalue weighted by molar-refractivity contribution is -0.139. The predicted octanol–water partition coefficient (Wildman–Crippen LogP) is 3.64. The number of hydrogen-bond donors (Lipinski definition) is 2. The van der Waals surface area contributed by atoms with Crippen molar-refractivity contribution in [3.63, 3.8) is 0 Å². The molecule has 1 fully saturated rings. The maximum Gasteiger partial charge on any atom is 0.338 e. The predicted molar refractivity (Wildman–Crippen MR) is 129 cm³/mol. The van der Waals surface area contributed by atoms with Gasteiger partial charge in [-0.3, -0.25) is 4.90 Å². The molecule has 0 aromatic heterocycles. The van der Waals surface area contributed by atoms with Gasteiger partial charge in [-0.15, -0.1) is 0 Å². The first kappa shape index (κ1) is 23.1. The van der Waals surface area contributed by atoms with Crippen LogP contribution in [0.2, 0.25) is 5.02 Å². The molecule has 0 spiro atoms. The Morgan fingerprint density at radius 1 is 1.09 bits per heavy atom. The largest absolute Gasteiger partial charge is 0.463 e. The third-order valence-corrected chi connectivity index (χ3v) is 6.31. The highest BCUT2D eigenvalue weighted by molar-refractivity contribution is 6.30. The van der Waals surface area contributed by atoms with E-state index >= 15 is 0 Å². The van der Waals surface area contributed by atoms with Crippen LogP contribution in [-0.2, 0) is 9.53 Å². The number of benzene rings is 2. The molecule has 8 heteroatoms. The summed E-state index contributed by atoms with van der Waals surface area (Å²) in [6.07, 6.45) is 0. The van der Waals surface area contributed by atoms with E-state index in [1.807, 2.05) is 12.1 Å². The second kappa shape index (κ2) is 10.3. The molecule has 7 nitrogen and oxygen atoms in total. The van der Waals surface area contributed by atoms with Gasteiger partial charge in [0.15, 0.2) is 0 Å². The van der Waals surface area contributed by atoms with E-state index in [-0.39, 0.29) is 12.6 Å². The number of aryl methyl sites for hydroxylation is 1. The topological polar surface area (TPSA) is 73.9 Å². The number of halogens is 1. The lowest BCUT2D eigenvalue weighted by Gasteiger charge is -2.38. The molecule has 0 saturated carbocycles. The van der Waals surface area contributed by atoms with Gasteiger partial charge in [-0.05, 0) is 43.2 Å². The van der Waals surface area contributed by atoms with Crippen molar-refractivity contribution in [2.24, 2.45) is 0 Å². The normalized spacial score (nSPS) is 19.2. The molecule has 0 radical (unpaired) electrons. The Labute approximate surface area is 199 Å². The van der Waals surface area contributed by atoms with Gasteiger partial charge in [-0.1, -0.05) is 41.9 Å². The number of carbonyl (C=O) groups is 2. The number of anilines is 1. The molecule has 1 saturated heterocycles. The molecule has 174 valence electrons. The van der Waals surface area contributed by atoms with Crippen LogP contribution in [0.5, 0.6) is 0 Å². The lowest BCUT2D eigenvalue weighted by Crippen LogP contribution is -2.52. The van der Waals surface area contributed by atoms with Crippen LogP contribution in [0.4, 0.5) is 10.5 Å². The van der Waals surface area contributed by atoms with Gasteiger partial charge in [0.2, 0.25) is 0 Å². The van der Waals surface area contributed by atoms with Gasteiger partial charge in [-0.25, -0.2) is 9.59 Å². The number of para-hydroxylation sites is 1. The first-order valence-electron chi connectivity index (χ1n) is 11.2. The third kappa shape index (κ3) is 5.31. The summed E-state index contributed by atoms with van der Waals surface area (Å²) in [6.45, 7) is 8.01. The van der Waals surface area contributed by atoms with Gasteiger partial charge in [0, 0.05) is 49.1 Å². The van der Waals surface area contributed by atoms with Crippen LogP contribution in [0.15, 0.2) is 59.8 Å². The highest BCUT2D eigenvalue weighted by Crippen LogP contribution is 2.29. The quantitative estimate of drug-likeness (QED) is 0.633. The van der Waals surface area contributed by atoms with Crippen LogP contribution in [-0.4, -0.2) is 56.2 Å². The van der Waals surface area contributed by atoms with Crippen LogP contribution < -0.4 is 15.5 Å². The zero-order valence-electron chi connectivity index (χ0n) is 18.9. The van der Waals surface area contributed by atoms with Gasteiger partial charge in [0.1, 0.15) is 0 Å². The molecule has 0 bridgehead atoms. The van der Waals surface area contributed by atoms with E-state index in [1.165, 1.54) is 11.3 Å². The summed E-state index contributed by atoms with van der Waals surface area (Å²) in [5.74, 6) is -0.432. The molecule has 2 aromatic carbocycles. The van der Waals surface area contributed by atoms with Crippen molar-refractivity contribution in [1.29, 1.82) is 0 Å². The van der Waals surface area contributed by atoms with Gasteiger partial charge >= 0.3 is 12.0 Å². The van der Waals surface area contributed by atoms with Crippen molar-refractivity contribution in [2.75, 3.05) is 44.2 Å². The van der Waals surface area contributed by atoms with E-state index in [4.69, 9.17) is 16.3 Å². The number of nitrogens with zero attached hydrogens (tertiary/aromatic N) is 2. The van der Waals surface area contributed by atoms with E-state index in [2.05, 4.69) is 51.6 Å². The summed E-state index contributed by atoms with van der Waals surface area (Å²) in [4.78, 5) is 30.1. The molecular weight excluding hydrogens is 440 g/mol. The molecule has 33 heavy (non-hydrogen) atoms. The van der Waals surface area contributed by atoms with Crippen molar-refractivity contribution in [1.82, 2.24) is 15.5 Å². The maximum atomic E-state index is 13.0. The van der Waals surface area contributed by atoms with Crippen molar-refractivity contribution in [3.8, 4) is 0 Å². The second-order valence-corrected chi connectivity index (χ2v) is 8.68. The summed E-state index contributed by atoms with van der Waals surface area (Å²) < 4.78 is 5.36. The van der Waals surface area contributed by atoms with E-state index in [1.54, 1.807) is 19.1 Å². The van der Waals surface area contributed by atoms with E-state index in [0.29, 0.717) is 22.8 Å². The molecule has 2 aromatic rings. The number of amides is 2. The van der Waals surface area contributed by atoms with E-state index < -0.39 is 12.0 Å². The average Bonchev–Trinajstić information content (AvgIpc) is 2.80. The fraction of sp³-hybridized carbons (Fsp3) is 0.360. The van der Waals surface area contributed by atoms with E-state index in [0.717, 1.165) is 31.7 Å². The molecule has 1 atom stereocenters. The third-order valence-electron chi connectivity index (χ3n) is 6.06. The average molecular weight is 469 g/mol. The zero-order valence-corrected chi connectivity index (χ0v) is 19.7. The van der Waals surface area contributed by atoms with Crippen molar-refractivity contribution < 1.29 is 14.3 Å². The van der Waals surface area contributed by atoms with Crippen molar-refractivity contribution >= 4 is 29.3 Å². The smallest absolute Gasteiger partial charge is 0.338 e. The minimum absolute atomic E-state index is 0.256. The number of piperazine rings is 1. The van der Waals surface area contributed by atoms with Gasteiger partial charge in [-0.2, -0.15) is 0 Å². The maximum absolute atomic E-state index is 13.0. The van der Waals surface area contributed by atoms with Crippen LogP contribution in [0.1, 0.15) is 24.1 Å². The Hall–Kier alpha value is -3.03. The number of nitrogens with one attached hydrogen (secondary N) is 2. The SMILES string of the molecule is CCOC(=O)C1=C(CN2CCN(c3ccccc3C)CC2)NC(=O)NC1c1ccc(Cl)cc1. The minimum Gasteiger partial charge on any atom is -0.463 e. The Morgan fingerprint density at radius 2 is 1.79 bits per heavy atom. The number of esters is 1. The Kier molecular flexibility index (Phi) is 7.20. The van der Waals surface area contributed by atoms with Crippen LogP contribution in [0.25, 0.3) is 0 Å². The number of urea groups is 1. The Bertz CT molecular complexity index is 1050. The van der Waals surface area contributed by atoms with Crippen LogP contribution in [0.3, 0.4) is 0 Å². The molecule has 0 aliphatic carbocycles. The van der Waals surface area contributed by atoms with Crippen molar-refractivity contribution in [3.05, 3.63) is 76.0 Å². The molecule has 2 aliphatic rings. The van der Waals surface area contributed by atoms with Crippen LogP contribution >= 0.6 is 11.6 Å². The highest BCUT2D eigenvalue weighted by atomic mass is 35.5. The van der Waals surface area contributed by atoms with Gasteiger partial charge in [0.25, 0.3) is 0 Å². The standard InChI is InChI=1S/C25H29ClN4O3/c1-3-33-24(31)22-20(27-25(32)28-23(22)18-8-10-19(26)11-9-18)16-29-12-14-30(15-13-29)21-7-5-4-6-17(21)2/h4-11,23H,3,12-16H2,1-2H3,(H2,27,28,32). The number of rotatable bonds is 6. The second-order valence-electron chi connectivity index (χ2n) is 8.25. The lowest BCUT2D eigenvalue weighted by atomic mass is 9.95. The number of carbonyl (C=O) groups excluding carboxylic acids is 2. The van der Waals surface area contributed by atoms with Crippen LogP contribution in [0, 0.1) is 6.92 Å². The summed E-state index contributed by atoms with van der Waals surface area (Å²) >= 11 is 6.04. The summed E-state index contributed by atoms with van der Waals surface area (Å²) in [7, 11) is 0. The first-order valence-corrected chi connectivity index (χ1v) is 11.6. The monoisotopic (exact) mass is 468 g/mol. The fourth-order valence-electron chi connectivity index (χ4n) is 4.39. The Morgan fingerprint density at radius 3 is 2.45 bits per heavy atom. The number of ether oxygens (including phenoxy) is 1. The summed E-state index contributed by atoms with van der Waals surface area (Å²) in [5.41, 5.74) is 4.30. The zero-order chi connectivity index (χ0) is 23.4. The Balaban J connectivity index is 1.56. The van der Waals surface area contributed by atoms with Gasteiger partial charge < -0.3 is 20.3 Å². The molecule has 2 amide bonds. The number of hydrogen-bond acceptors (Lipinski definition) is 5. The highest BCUT2D eigenvalue weighted by Gasteiger charge is 2.34. The van der Waals surface area contributed by atoms with Crippen molar-refractivity contribution in [2.45, 2.75) is 19.9 Å². The molecule has 1 unspecified atom stereocenters. The molecular formula is C25H29ClN4O3. The fourth-order valence-corrected chi connectivity index (χ4v) is 4.51. The summed E-state index contributed by atoms with van der Waals surface area (Å²) in [5, 5.41) is 6.32. The summed E-state index contributed by atoms with van der Waals surface area (Å²) in [6, 6.07) is 14.6. The molecule has 2 aliphatic heterocycles. The van der Waals surface area contributed by atoms with Gasteiger partial charge in [0.05, 0.1) is 18.2 Å². The first-order chi connectivity index (χ1) is 16.0. The van der Waals surface area contributed by atoms with E-state index in [9.17, 15) is 9.59 Å².